The summed E-state index contributed by atoms with van der Waals surface area (Å²) in [4.78, 5) is 11.3. The Morgan fingerprint density at radius 2 is 2.25 bits per heavy atom. The third kappa shape index (κ3) is 2.17. The lowest BCUT2D eigenvalue weighted by Crippen LogP contribution is -2.11. The average molecular weight is 294 g/mol. The second-order valence-corrected chi connectivity index (χ2v) is 4.90. The number of hydrogen-bond donors (Lipinski definition) is 1. The quantitative estimate of drug-likeness (QED) is 0.940. The summed E-state index contributed by atoms with van der Waals surface area (Å²) in [5, 5.41) is 17.4. The summed E-state index contributed by atoms with van der Waals surface area (Å²) in [6, 6.07) is 7.09. The van der Waals surface area contributed by atoms with Gasteiger partial charge in [-0.3, -0.25) is 0 Å². The van der Waals surface area contributed by atoms with E-state index in [-0.39, 0.29) is 11.8 Å². The first-order chi connectivity index (χ1) is 9.68. The predicted molar refractivity (Wildman–Crippen MR) is 71.3 cm³/mol. The largest absolute Gasteiger partial charge is 0.476 e. The molecule has 0 spiro atoms. The van der Waals surface area contributed by atoms with E-state index >= 15 is 0 Å². The second-order valence-electron chi connectivity index (χ2n) is 4.49. The number of rotatable bonds is 3. The molecule has 1 aromatic carbocycles. The van der Waals surface area contributed by atoms with Crippen molar-refractivity contribution in [1.29, 1.82) is 0 Å². The van der Waals surface area contributed by atoms with Crippen LogP contribution in [0.3, 0.4) is 0 Å². The summed E-state index contributed by atoms with van der Waals surface area (Å²) in [6.07, 6.45) is 1.32. The van der Waals surface area contributed by atoms with Crippen molar-refractivity contribution >= 4 is 17.6 Å². The third-order valence-corrected chi connectivity index (χ3v) is 3.54. The van der Waals surface area contributed by atoms with Gasteiger partial charge in [0.05, 0.1) is 10.7 Å². The van der Waals surface area contributed by atoms with Crippen LogP contribution in [0.2, 0.25) is 5.02 Å². The van der Waals surface area contributed by atoms with Crippen LogP contribution in [0, 0.1) is 0 Å². The molecular weight excluding hydrogens is 282 g/mol. The smallest absolute Gasteiger partial charge is 0.358 e. The van der Waals surface area contributed by atoms with Crippen LogP contribution in [0.25, 0.3) is 5.69 Å². The molecule has 0 bridgehead atoms. The summed E-state index contributed by atoms with van der Waals surface area (Å²) in [6.45, 7) is 0.609. The van der Waals surface area contributed by atoms with Crippen LogP contribution in [0.4, 0.5) is 0 Å². The van der Waals surface area contributed by atoms with E-state index in [1.54, 1.807) is 18.2 Å². The average Bonchev–Trinajstić information content (AvgIpc) is 3.07. The van der Waals surface area contributed by atoms with Crippen molar-refractivity contribution in [1.82, 2.24) is 15.0 Å². The van der Waals surface area contributed by atoms with Crippen molar-refractivity contribution in [2.75, 3.05) is 6.61 Å². The molecule has 7 heteroatoms. The van der Waals surface area contributed by atoms with Crippen molar-refractivity contribution < 1.29 is 14.6 Å². The maximum Gasteiger partial charge on any atom is 0.358 e. The zero-order valence-electron chi connectivity index (χ0n) is 10.5. The van der Waals surface area contributed by atoms with E-state index in [2.05, 4.69) is 10.3 Å². The lowest BCUT2D eigenvalue weighted by atomic mass is 10.1. The number of ether oxygens (including phenoxy) is 1. The molecule has 1 saturated heterocycles. The first-order valence-corrected chi connectivity index (χ1v) is 6.61. The van der Waals surface area contributed by atoms with Gasteiger partial charge in [0.15, 0.2) is 5.69 Å². The number of halogens is 1. The van der Waals surface area contributed by atoms with Gasteiger partial charge >= 0.3 is 5.97 Å². The SMILES string of the molecule is O=C(O)c1nnn(-c2ccccc2Cl)c1C1CCCO1. The molecule has 2 aromatic rings. The number of benzene rings is 1. The van der Waals surface area contributed by atoms with Crippen LogP contribution in [0.15, 0.2) is 24.3 Å². The standard InChI is InChI=1S/C13H12ClN3O3/c14-8-4-1-2-5-9(8)17-12(10-6-3-7-20-10)11(13(18)19)15-16-17/h1-2,4-5,10H,3,6-7H2,(H,18,19). The Balaban J connectivity index is 2.16. The maximum atomic E-state index is 11.3. The topological polar surface area (TPSA) is 77.2 Å². The van der Waals surface area contributed by atoms with E-state index in [1.165, 1.54) is 4.68 Å². The molecule has 1 aromatic heterocycles. The van der Waals surface area contributed by atoms with Gasteiger partial charge in [-0.05, 0) is 25.0 Å². The number of aromatic nitrogens is 3. The van der Waals surface area contributed by atoms with Gasteiger partial charge in [-0.1, -0.05) is 28.9 Å². The number of carboxylic acids is 1. The van der Waals surface area contributed by atoms with Crippen LogP contribution in [-0.2, 0) is 4.74 Å². The van der Waals surface area contributed by atoms with E-state index in [0.717, 1.165) is 12.8 Å². The molecule has 1 aliphatic rings. The van der Waals surface area contributed by atoms with Crippen LogP contribution >= 0.6 is 11.6 Å². The summed E-state index contributed by atoms with van der Waals surface area (Å²) in [5.41, 5.74) is 0.958. The molecule has 104 valence electrons. The molecule has 1 N–H and O–H groups in total. The van der Waals surface area contributed by atoms with E-state index in [1.807, 2.05) is 6.07 Å². The number of para-hydroxylation sites is 1. The van der Waals surface area contributed by atoms with Crippen LogP contribution in [0.1, 0.15) is 35.1 Å². The fraction of sp³-hybridized carbons (Fsp3) is 0.308. The van der Waals surface area contributed by atoms with Crippen molar-refractivity contribution in [2.45, 2.75) is 18.9 Å². The van der Waals surface area contributed by atoms with Gasteiger partial charge in [0.1, 0.15) is 11.8 Å². The predicted octanol–water partition coefficient (Wildman–Crippen LogP) is 2.47. The fourth-order valence-electron chi connectivity index (χ4n) is 2.33. The molecule has 0 amide bonds. The van der Waals surface area contributed by atoms with Crippen molar-refractivity contribution in [3.05, 3.63) is 40.7 Å². The lowest BCUT2D eigenvalue weighted by molar-refractivity contribution is 0.0673. The highest BCUT2D eigenvalue weighted by Gasteiger charge is 2.30. The van der Waals surface area contributed by atoms with E-state index in [0.29, 0.717) is 23.0 Å². The minimum absolute atomic E-state index is 0.0863. The molecule has 20 heavy (non-hydrogen) atoms. The maximum absolute atomic E-state index is 11.3. The van der Waals surface area contributed by atoms with Gasteiger partial charge in [-0.2, -0.15) is 0 Å². The van der Waals surface area contributed by atoms with E-state index in [4.69, 9.17) is 16.3 Å². The van der Waals surface area contributed by atoms with Crippen molar-refractivity contribution in [3.63, 3.8) is 0 Å². The lowest BCUT2D eigenvalue weighted by Gasteiger charge is -2.13. The number of nitrogens with zero attached hydrogens (tertiary/aromatic N) is 3. The minimum Gasteiger partial charge on any atom is -0.476 e. The van der Waals surface area contributed by atoms with Crippen LogP contribution in [-0.4, -0.2) is 32.7 Å². The number of carboxylic acid groups (broad SMARTS) is 1. The Hall–Kier alpha value is -1.92. The minimum atomic E-state index is -1.12. The Labute approximate surface area is 119 Å². The van der Waals surface area contributed by atoms with Gasteiger partial charge < -0.3 is 9.84 Å². The van der Waals surface area contributed by atoms with E-state index < -0.39 is 5.97 Å². The van der Waals surface area contributed by atoms with Crippen molar-refractivity contribution in [2.24, 2.45) is 0 Å². The normalized spacial score (nSPS) is 18.4. The molecule has 2 heterocycles. The Morgan fingerprint density at radius 1 is 1.45 bits per heavy atom. The molecule has 1 atom stereocenters. The summed E-state index contributed by atoms with van der Waals surface area (Å²) >= 11 is 6.15. The Morgan fingerprint density at radius 3 is 2.90 bits per heavy atom. The van der Waals surface area contributed by atoms with Gasteiger partial charge in [-0.15, -0.1) is 5.10 Å². The van der Waals surface area contributed by atoms with Crippen molar-refractivity contribution in [3.8, 4) is 5.69 Å². The fourth-order valence-corrected chi connectivity index (χ4v) is 2.54. The highest BCUT2D eigenvalue weighted by atomic mass is 35.5. The first kappa shape index (κ1) is 13.1. The van der Waals surface area contributed by atoms with Gasteiger partial charge in [0.2, 0.25) is 0 Å². The molecule has 0 saturated carbocycles. The molecule has 0 radical (unpaired) electrons. The molecule has 6 nitrogen and oxygen atoms in total. The van der Waals surface area contributed by atoms with E-state index in [9.17, 15) is 9.90 Å². The summed E-state index contributed by atoms with van der Waals surface area (Å²) in [7, 11) is 0. The monoisotopic (exact) mass is 293 g/mol. The number of hydrogen-bond acceptors (Lipinski definition) is 4. The summed E-state index contributed by atoms with van der Waals surface area (Å²) < 4.78 is 7.04. The van der Waals surface area contributed by atoms with Crippen LogP contribution < -0.4 is 0 Å². The van der Waals surface area contributed by atoms with Gasteiger partial charge in [-0.25, -0.2) is 9.48 Å². The number of aromatic carboxylic acids is 1. The Bertz CT molecular complexity index is 650. The van der Waals surface area contributed by atoms with Crippen LogP contribution in [0.5, 0.6) is 0 Å². The zero-order chi connectivity index (χ0) is 14.1. The number of carbonyl (C=O) groups is 1. The molecule has 3 rings (SSSR count). The first-order valence-electron chi connectivity index (χ1n) is 6.24. The molecule has 0 aliphatic carbocycles. The molecule has 1 aliphatic heterocycles. The molecule has 1 unspecified atom stereocenters. The zero-order valence-corrected chi connectivity index (χ0v) is 11.2. The van der Waals surface area contributed by atoms with Gasteiger partial charge in [0, 0.05) is 6.61 Å². The van der Waals surface area contributed by atoms with Gasteiger partial charge in [0.25, 0.3) is 0 Å². The Kier molecular flexibility index (Phi) is 3.42. The molecule has 1 fully saturated rings. The highest BCUT2D eigenvalue weighted by molar-refractivity contribution is 6.32. The third-order valence-electron chi connectivity index (χ3n) is 3.22. The second kappa shape index (κ2) is 5.22. The highest BCUT2D eigenvalue weighted by Crippen LogP contribution is 2.32. The molecular formula is C13H12ClN3O3. The summed E-state index contributed by atoms with van der Waals surface area (Å²) in [5.74, 6) is -1.12.